The number of nitrogens with zero attached hydrogens (tertiary/aromatic N) is 1. The van der Waals surface area contributed by atoms with Crippen molar-refractivity contribution in [2.75, 3.05) is 0 Å². The van der Waals surface area contributed by atoms with Crippen molar-refractivity contribution in [2.45, 2.75) is 58.3 Å². The van der Waals surface area contributed by atoms with E-state index in [9.17, 15) is 19.1 Å². The summed E-state index contributed by atoms with van der Waals surface area (Å²) in [5.41, 5.74) is 3.94. The van der Waals surface area contributed by atoms with Gasteiger partial charge in [0.25, 0.3) is 5.56 Å². The number of hydrogen-bond acceptors (Lipinski definition) is 4. The molecule has 1 aromatic heterocycles. The van der Waals surface area contributed by atoms with Crippen LogP contribution < -0.4 is 24.4 Å². The number of rotatable bonds is 1. The molecule has 1 aromatic carbocycles. The number of ether oxygens (including phenoxy) is 1. The number of aromatic nitrogens is 1. The predicted molar refractivity (Wildman–Crippen MR) is 108 cm³/mol. The molecule has 1 N–H and O–H groups in total. The third-order valence-corrected chi connectivity index (χ3v) is 6.72. The quantitative estimate of drug-likeness (QED) is 0.409. The van der Waals surface area contributed by atoms with Crippen molar-refractivity contribution in [2.24, 2.45) is 0 Å². The molecule has 1 atom stereocenters. The molecule has 0 spiro atoms. The average molecular weight is 414 g/mol. The van der Waals surface area contributed by atoms with Gasteiger partial charge in [0.2, 0.25) is 0 Å². The van der Waals surface area contributed by atoms with E-state index in [-0.39, 0.29) is 43.3 Å². The van der Waals surface area contributed by atoms with Gasteiger partial charge in [0.05, 0.1) is 0 Å². The Morgan fingerprint density at radius 1 is 1.32 bits per heavy atom. The minimum atomic E-state index is -1.80. The maximum Gasteiger partial charge on any atom is 1.00 e. The molecule has 3 heterocycles. The third-order valence-electron chi connectivity index (χ3n) is 6.72. The largest absolute Gasteiger partial charge is 1.00 e. The van der Waals surface area contributed by atoms with Gasteiger partial charge in [0, 0.05) is 17.9 Å². The van der Waals surface area contributed by atoms with Crippen LogP contribution in [0.5, 0.6) is 0 Å². The maximum absolute atomic E-state index is 14.0. The van der Waals surface area contributed by atoms with Crippen molar-refractivity contribution in [3.8, 4) is 0 Å². The molecule has 0 saturated carbocycles. The van der Waals surface area contributed by atoms with E-state index in [2.05, 4.69) is 6.07 Å². The Balaban J connectivity index is 0.00000231. The van der Waals surface area contributed by atoms with E-state index < -0.39 is 11.6 Å². The van der Waals surface area contributed by atoms with Crippen LogP contribution in [0.15, 0.2) is 22.5 Å². The smallest absolute Gasteiger partial charge is 0.458 e. The zero-order valence-corrected chi connectivity index (χ0v) is 18.0. The minimum Gasteiger partial charge on any atom is -0.458 e. The van der Waals surface area contributed by atoms with Crippen LogP contribution >= 0.6 is 0 Å². The second kappa shape index (κ2) is 7.70. The van der Waals surface area contributed by atoms with Gasteiger partial charge >= 0.3 is 24.8 Å². The fourth-order valence-corrected chi connectivity index (χ4v) is 4.91. The van der Waals surface area contributed by atoms with Crippen LogP contribution in [-0.2, 0) is 34.7 Å². The molecule has 5 rings (SSSR count). The number of carbonyl (C=O) groups excluding carboxylic acids is 1. The van der Waals surface area contributed by atoms with Gasteiger partial charge in [-0.05, 0) is 12.0 Å². The van der Waals surface area contributed by atoms with E-state index in [4.69, 9.17) is 4.74 Å². The van der Waals surface area contributed by atoms with Crippen molar-refractivity contribution in [3.05, 3.63) is 79.9 Å². The number of halogens is 1. The molecule has 0 amide bonds. The summed E-state index contributed by atoms with van der Waals surface area (Å²) in [6.45, 7) is 3.76. The molecule has 0 radical (unpaired) electrons. The molecule has 31 heavy (non-hydrogen) atoms. The van der Waals surface area contributed by atoms with Gasteiger partial charge in [0.1, 0.15) is 6.61 Å². The Morgan fingerprint density at radius 3 is 2.84 bits per heavy atom. The molecular formula is C24H22FLiNO4-. The number of allylic oxidation sites excluding steroid dienone is 2. The Hall–Kier alpha value is -2.26. The summed E-state index contributed by atoms with van der Waals surface area (Å²) >= 11 is 0. The second-order valence-electron chi connectivity index (χ2n) is 8.26. The van der Waals surface area contributed by atoms with Gasteiger partial charge in [-0.1, -0.05) is 44.4 Å². The Labute approximate surface area is 192 Å². The standard InChI is InChI=1S/C24H22FNO4.Li/c1-3-24(29)20-10-15-9-14(11-26(15)22(27)19(20)12-30-23(24)28)17-6-4-5-16-13(2)21(25)8-7-18(16)17;/h8-10,29H,3-6,11-12H2,1-2H3;/q-2;+1/b17-14+;/t24-;/m0./s1. The first-order chi connectivity index (χ1) is 14.3. The van der Waals surface area contributed by atoms with E-state index >= 15 is 0 Å². The molecule has 5 nitrogen and oxygen atoms in total. The number of fused-ring (bicyclic) bond motifs is 3. The molecule has 0 bridgehead atoms. The van der Waals surface area contributed by atoms with Crippen LogP contribution in [0.25, 0.3) is 5.57 Å². The first-order valence-corrected chi connectivity index (χ1v) is 10.3. The molecule has 2 aromatic rings. The number of benzene rings is 1. The van der Waals surface area contributed by atoms with Crippen molar-refractivity contribution in [1.29, 1.82) is 0 Å². The second-order valence-corrected chi connectivity index (χ2v) is 8.26. The van der Waals surface area contributed by atoms with Crippen LogP contribution in [0.3, 0.4) is 0 Å². The van der Waals surface area contributed by atoms with E-state index in [1.165, 1.54) is 6.07 Å². The maximum atomic E-state index is 14.0. The fraction of sp³-hybridized carbons (Fsp3) is 0.375. The van der Waals surface area contributed by atoms with Crippen LogP contribution in [-0.4, -0.2) is 15.6 Å². The summed E-state index contributed by atoms with van der Waals surface area (Å²) in [6.07, 6.45) is 4.63. The van der Waals surface area contributed by atoms with Crippen molar-refractivity contribution < 1.29 is 37.9 Å². The normalized spacial score (nSPS) is 23.8. The van der Waals surface area contributed by atoms with Gasteiger partial charge in [-0.3, -0.25) is 9.18 Å². The number of cyclic esters (lactones) is 1. The monoisotopic (exact) mass is 414 g/mol. The number of aliphatic hydroxyl groups is 1. The van der Waals surface area contributed by atoms with E-state index in [0.29, 0.717) is 28.9 Å². The van der Waals surface area contributed by atoms with Gasteiger partial charge in [-0.2, -0.15) is 5.56 Å². The number of hydrogen-bond donors (Lipinski definition) is 1. The molecule has 1 aliphatic carbocycles. The molecule has 7 heteroatoms. The van der Waals surface area contributed by atoms with E-state index in [1.54, 1.807) is 24.5 Å². The van der Waals surface area contributed by atoms with Crippen LogP contribution in [0, 0.1) is 25.2 Å². The van der Waals surface area contributed by atoms with Crippen LogP contribution in [0.4, 0.5) is 4.39 Å². The minimum absolute atomic E-state index is 0. The van der Waals surface area contributed by atoms with Crippen molar-refractivity contribution in [3.63, 3.8) is 0 Å². The molecule has 0 unspecified atom stereocenters. The summed E-state index contributed by atoms with van der Waals surface area (Å²) in [7, 11) is 0. The topological polar surface area (TPSA) is 68.5 Å². The van der Waals surface area contributed by atoms with Gasteiger partial charge < -0.3 is 14.4 Å². The van der Waals surface area contributed by atoms with Gasteiger partial charge in [-0.15, -0.1) is 41.3 Å². The van der Waals surface area contributed by atoms with Gasteiger partial charge in [0.15, 0.2) is 5.60 Å². The predicted octanol–water partition coefficient (Wildman–Crippen LogP) is 0.111. The summed E-state index contributed by atoms with van der Waals surface area (Å²) in [6, 6.07) is 6.22. The van der Waals surface area contributed by atoms with Crippen molar-refractivity contribution in [1.82, 2.24) is 4.57 Å². The van der Waals surface area contributed by atoms with E-state index in [1.807, 2.05) is 6.42 Å². The number of esters is 1. The Kier molecular flexibility index (Phi) is 5.45. The van der Waals surface area contributed by atoms with Gasteiger partial charge in [-0.25, -0.2) is 4.79 Å². The third kappa shape index (κ3) is 3.12. The number of pyridine rings is 1. The Bertz CT molecular complexity index is 1200. The summed E-state index contributed by atoms with van der Waals surface area (Å²) in [5, 5.41) is 10.9. The zero-order chi connectivity index (χ0) is 21.2. The number of carbonyl (C=O) groups is 1. The van der Waals surface area contributed by atoms with Crippen LogP contribution in [0.2, 0.25) is 0 Å². The molecular weight excluding hydrogens is 392 g/mol. The van der Waals surface area contributed by atoms with E-state index in [0.717, 1.165) is 41.5 Å². The Morgan fingerprint density at radius 2 is 2.10 bits per heavy atom. The summed E-state index contributed by atoms with van der Waals surface area (Å²) in [5.74, 6) is -0.960. The average Bonchev–Trinajstić information content (AvgIpc) is 3.18. The zero-order valence-electron chi connectivity index (χ0n) is 18.0. The molecule has 156 valence electrons. The fourth-order valence-electron chi connectivity index (χ4n) is 4.91. The van der Waals surface area contributed by atoms with Crippen molar-refractivity contribution >= 4 is 11.5 Å². The summed E-state index contributed by atoms with van der Waals surface area (Å²) in [4.78, 5) is 25.3. The molecule has 3 aliphatic rings. The SMILES string of the molecule is CC[C@@]1(O)C(=O)OCc2c1cc1n(c2=O)C/C(=C2\CCCc3c2[c-]cc(F)c3C)[CH-]1.[Li+]. The first-order valence-electron chi connectivity index (χ1n) is 10.3. The molecule has 2 aliphatic heterocycles. The molecule has 0 saturated heterocycles. The van der Waals surface area contributed by atoms with Crippen LogP contribution in [0.1, 0.15) is 59.7 Å². The summed E-state index contributed by atoms with van der Waals surface area (Å²) < 4.78 is 20.8. The molecule has 0 fully saturated rings. The first kappa shape index (κ1) is 22.0.